The summed E-state index contributed by atoms with van der Waals surface area (Å²) in [6, 6.07) is 8.16. The topological polar surface area (TPSA) is 38.3 Å². The Morgan fingerprint density at radius 2 is 2.15 bits per heavy atom. The zero-order chi connectivity index (χ0) is 14.6. The third-order valence-corrected chi connectivity index (χ3v) is 3.95. The summed E-state index contributed by atoms with van der Waals surface area (Å²) in [5, 5.41) is 6.38. The highest BCUT2D eigenvalue weighted by Crippen LogP contribution is 2.26. The summed E-state index contributed by atoms with van der Waals surface area (Å²) in [5.41, 5.74) is 0.118. The van der Waals surface area contributed by atoms with Gasteiger partial charge in [0.2, 0.25) is 0 Å². The van der Waals surface area contributed by atoms with Gasteiger partial charge in [-0.2, -0.15) is 11.3 Å². The molecule has 106 valence electrons. The SMILES string of the molecule is CO[C@@](C)(CNC(=O)c1ccsc1)c1ccccc1F. The zero-order valence-corrected chi connectivity index (χ0v) is 12.2. The highest BCUT2D eigenvalue weighted by atomic mass is 32.1. The van der Waals surface area contributed by atoms with E-state index >= 15 is 0 Å². The molecule has 0 fully saturated rings. The number of nitrogens with one attached hydrogen (secondary N) is 1. The van der Waals surface area contributed by atoms with E-state index in [1.165, 1.54) is 24.5 Å². The van der Waals surface area contributed by atoms with Crippen molar-refractivity contribution < 1.29 is 13.9 Å². The Balaban J connectivity index is 2.12. The molecule has 1 atom stereocenters. The molecule has 1 amide bonds. The standard InChI is InChI=1S/C15H16FNO2S/c1-15(19-2,12-5-3-4-6-13(12)16)10-17-14(18)11-7-8-20-9-11/h3-9H,10H2,1-2H3,(H,17,18)/t15-/m0/s1. The lowest BCUT2D eigenvalue weighted by molar-refractivity contribution is 0.000393. The molecule has 0 aliphatic heterocycles. The van der Waals surface area contributed by atoms with Gasteiger partial charge in [0.1, 0.15) is 11.4 Å². The summed E-state index contributed by atoms with van der Waals surface area (Å²) in [5.74, 6) is -0.535. The smallest absolute Gasteiger partial charge is 0.252 e. The fourth-order valence-corrected chi connectivity index (χ4v) is 2.55. The van der Waals surface area contributed by atoms with Crippen LogP contribution >= 0.6 is 11.3 Å². The lowest BCUT2D eigenvalue weighted by Crippen LogP contribution is -2.40. The van der Waals surface area contributed by atoms with Gasteiger partial charge in [-0.3, -0.25) is 4.79 Å². The number of ether oxygens (including phenoxy) is 1. The van der Waals surface area contributed by atoms with Gasteiger partial charge < -0.3 is 10.1 Å². The van der Waals surface area contributed by atoms with Crippen LogP contribution in [0, 0.1) is 5.82 Å². The summed E-state index contributed by atoms with van der Waals surface area (Å²) < 4.78 is 19.3. The normalized spacial score (nSPS) is 13.8. The summed E-state index contributed by atoms with van der Waals surface area (Å²) in [6.07, 6.45) is 0. The van der Waals surface area contributed by atoms with Crippen molar-refractivity contribution in [2.45, 2.75) is 12.5 Å². The van der Waals surface area contributed by atoms with Crippen LogP contribution in [-0.4, -0.2) is 19.6 Å². The lowest BCUT2D eigenvalue weighted by Gasteiger charge is -2.29. The van der Waals surface area contributed by atoms with Crippen LogP contribution in [0.3, 0.4) is 0 Å². The molecule has 5 heteroatoms. The van der Waals surface area contributed by atoms with Crippen LogP contribution in [-0.2, 0) is 10.3 Å². The number of thiophene rings is 1. The van der Waals surface area contributed by atoms with E-state index in [0.717, 1.165) is 0 Å². The molecule has 0 aliphatic rings. The van der Waals surface area contributed by atoms with E-state index in [-0.39, 0.29) is 18.3 Å². The molecular weight excluding hydrogens is 277 g/mol. The molecule has 0 saturated carbocycles. The molecule has 1 aromatic carbocycles. The van der Waals surface area contributed by atoms with Crippen LogP contribution in [0.2, 0.25) is 0 Å². The van der Waals surface area contributed by atoms with Crippen LogP contribution in [0.4, 0.5) is 4.39 Å². The maximum Gasteiger partial charge on any atom is 0.252 e. The Kier molecular flexibility index (Phi) is 4.52. The van der Waals surface area contributed by atoms with Gasteiger partial charge in [0.15, 0.2) is 0 Å². The molecule has 0 saturated heterocycles. The zero-order valence-electron chi connectivity index (χ0n) is 11.4. The molecule has 0 radical (unpaired) electrons. The highest BCUT2D eigenvalue weighted by Gasteiger charge is 2.29. The van der Waals surface area contributed by atoms with Gasteiger partial charge >= 0.3 is 0 Å². The maximum atomic E-state index is 13.9. The molecule has 0 spiro atoms. The molecule has 3 nitrogen and oxygen atoms in total. The quantitative estimate of drug-likeness (QED) is 0.919. The van der Waals surface area contributed by atoms with Crippen molar-refractivity contribution in [2.24, 2.45) is 0 Å². The molecule has 0 bridgehead atoms. The number of rotatable bonds is 5. The van der Waals surface area contributed by atoms with Gasteiger partial charge in [0, 0.05) is 23.6 Å². The number of hydrogen-bond acceptors (Lipinski definition) is 3. The largest absolute Gasteiger partial charge is 0.372 e. The minimum atomic E-state index is -0.906. The Bertz CT molecular complexity index is 585. The first-order valence-electron chi connectivity index (χ1n) is 6.17. The third kappa shape index (κ3) is 3.05. The monoisotopic (exact) mass is 293 g/mol. The van der Waals surface area contributed by atoms with Crippen LogP contribution < -0.4 is 5.32 Å². The van der Waals surface area contributed by atoms with E-state index in [1.807, 2.05) is 5.38 Å². The predicted molar refractivity (Wildman–Crippen MR) is 77.4 cm³/mol. The fourth-order valence-electron chi connectivity index (χ4n) is 1.91. The number of carbonyl (C=O) groups is 1. The first-order valence-corrected chi connectivity index (χ1v) is 7.11. The molecule has 1 N–H and O–H groups in total. The summed E-state index contributed by atoms with van der Waals surface area (Å²) >= 11 is 1.45. The van der Waals surface area contributed by atoms with Crippen LogP contribution in [0.5, 0.6) is 0 Å². The summed E-state index contributed by atoms with van der Waals surface area (Å²) in [7, 11) is 1.50. The van der Waals surface area contributed by atoms with Gasteiger partial charge in [-0.25, -0.2) is 4.39 Å². The van der Waals surface area contributed by atoms with Crippen molar-refractivity contribution >= 4 is 17.2 Å². The van der Waals surface area contributed by atoms with E-state index < -0.39 is 5.60 Å². The minimum Gasteiger partial charge on any atom is -0.372 e. The van der Waals surface area contributed by atoms with Gasteiger partial charge in [-0.15, -0.1) is 0 Å². The van der Waals surface area contributed by atoms with Crippen molar-refractivity contribution in [3.8, 4) is 0 Å². The van der Waals surface area contributed by atoms with Gasteiger partial charge in [0.05, 0.1) is 6.54 Å². The van der Waals surface area contributed by atoms with Gasteiger partial charge in [0.25, 0.3) is 5.91 Å². The van der Waals surface area contributed by atoms with Crippen LogP contribution in [0.1, 0.15) is 22.8 Å². The second-order valence-electron chi connectivity index (χ2n) is 4.61. The van der Waals surface area contributed by atoms with E-state index in [9.17, 15) is 9.18 Å². The van der Waals surface area contributed by atoms with Gasteiger partial charge in [-0.1, -0.05) is 18.2 Å². The molecule has 0 aliphatic carbocycles. The molecule has 20 heavy (non-hydrogen) atoms. The summed E-state index contributed by atoms with van der Waals surface area (Å²) in [4.78, 5) is 11.9. The van der Waals surface area contributed by atoms with Crippen LogP contribution in [0.25, 0.3) is 0 Å². The number of benzene rings is 1. The number of amides is 1. The maximum absolute atomic E-state index is 13.9. The Morgan fingerprint density at radius 1 is 1.40 bits per heavy atom. The van der Waals surface area contributed by atoms with E-state index in [0.29, 0.717) is 11.1 Å². The molecule has 0 unspecified atom stereocenters. The van der Waals surface area contributed by atoms with Crippen molar-refractivity contribution in [2.75, 3.05) is 13.7 Å². The molecule has 2 rings (SSSR count). The predicted octanol–water partition coefficient (Wildman–Crippen LogP) is 3.18. The lowest BCUT2D eigenvalue weighted by atomic mass is 9.95. The van der Waals surface area contributed by atoms with E-state index in [4.69, 9.17) is 4.74 Å². The second-order valence-corrected chi connectivity index (χ2v) is 5.39. The van der Waals surface area contributed by atoms with Gasteiger partial charge in [-0.05, 0) is 24.4 Å². The Hall–Kier alpha value is -1.72. The molecule has 1 heterocycles. The fraction of sp³-hybridized carbons (Fsp3) is 0.267. The molecule has 1 aromatic heterocycles. The molecule has 2 aromatic rings. The summed E-state index contributed by atoms with van der Waals surface area (Å²) in [6.45, 7) is 1.94. The Morgan fingerprint density at radius 3 is 2.75 bits per heavy atom. The average molecular weight is 293 g/mol. The highest BCUT2D eigenvalue weighted by molar-refractivity contribution is 7.08. The van der Waals surface area contributed by atoms with Crippen molar-refractivity contribution in [1.29, 1.82) is 0 Å². The van der Waals surface area contributed by atoms with Crippen molar-refractivity contribution in [3.63, 3.8) is 0 Å². The first-order chi connectivity index (χ1) is 9.57. The number of hydrogen-bond donors (Lipinski definition) is 1. The molecular formula is C15H16FNO2S. The second kappa shape index (κ2) is 6.15. The van der Waals surface area contributed by atoms with Crippen molar-refractivity contribution in [1.82, 2.24) is 5.32 Å². The number of carbonyl (C=O) groups excluding carboxylic acids is 1. The average Bonchev–Trinajstić information content (AvgIpc) is 2.99. The number of methoxy groups -OCH3 is 1. The Labute approximate surface area is 121 Å². The number of halogens is 1. The van der Waals surface area contributed by atoms with Crippen molar-refractivity contribution in [3.05, 3.63) is 58.0 Å². The van der Waals surface area contributed by atoms with E-state index in [1.54, 1.807) is 36.6 Å². The van der Waals surface area contributed by atoms with Crippen LogP contribution in [0.15, 0.2) is 41.1 Å². The minimum absolute atomic E-state index is 0.189. The van der Waals surface area contributed by atoms with E-state index in [2.05, 4.69) is 5.32 Å². The first kappa shape index (κ1) is 14.7. The third-order valence-electron chi connectivity index (χ3n) is 3.26.